The number of para-hydroxylation sites is 1. The topological polar surface area (TPSA) is 86.8 Å². The van der Waals surface area contributed by atoms with Gasteiger partial charge in [-0.2, -0.15) is 0 Å². The molecule has 208 valence electrons. The van der Waals surface area contributed by atoms with Crippen LogP contribution in [-0.4, -0.2) is 44.3 Å². The van der Waals surface area contributed by atoms with E-state index in [9.17, 15) is 18.0 Å². The molecule has 0 aliphatic carbocycles. The van der Waals surface area contributed by atoms with E-state index in [1.165, 1.54) is 29.2 Å². The second-order valence-corrected chi connectivity index (χ2v) is 11.9. The van der Waals surface area contributed by atoms with Crippen molar-refractivity contribution in [3.05, 3.63) is 93.4 Å². The molecular weight excluding hydrogens is 581 g/mol. The van der Waals surface area contributed by atoms with Gasteiger partial charge >= 0.3 is 0 Å². The Morgan fingerprint density at radius 3 is 2.15 bits per heavy atom. The minimum Gasteiger partial charge on any atom is -0.354 e. The van der Waals surface area contributed by atoms with Crippen molar-refractivity contribution >= 4 is 62.3 Å². The second kappa shape index (κ2) is 14.0. The van der Waals surface area contributed by atoms with Crippen molar-refractivity contribution in [2.75, 3.05) is 17.4 Å². The van der Waals surface area contributed by atoms with Crippen LogP contribution in [-0.2, 0) is 26.2 Å². The molecule has 0 spiro atoms. The van der Waals surface area contributed by atoms with E-state index in [2.05, 4.69) is 5.32 Å². The van der Waals surface area contributed by atoms with Crippen LogP contribution in [0.1, 0.15) is 32.3 Å². The molecule has 0 aliphatic rings. The summed E-state index contributed by atoms with van der Waals surface area (Å²) in [5.74, 6) is -0.874. The van der Waals surface area contributed by atoms with Crippen molar-refractivity contribution in [2.24, 2.45) is 0 Å². The third-order valence-corrected chi connectivity index (χ3v) is 8.78. The van der Waals surface area contributed by atoms with Gasteiger partial charge < -0.3 is 10.2 Å². The minimum absolute atomic E-state index is 0.0210. The molecule has 3 rings (SSSR count). The number of anilines is 1. The van der Waals surface area contributed by atoms with Crippen LogP contribution in [0.15, 0.2) is 77.7 Å². The predicted octanol–water partition coefficient (Wildman–Crippen LogP) is 6.18. The molecule has 3 aromatic carbocycles. The van der Waals surface area contributed by atoms with Crippen molar-refractivity contribution in [3.8, 4) is 0 Å². The van der Waals surface area contributed by atoms with Crippen LogP contribution in [0.3, 0.4) is 0 Å². The SMILES string of the molecule is CCCNC(=O)[C@H](CC)N(Cc1ccc(Cl)c(Cl)c1)C(=O)CN(c1ccccc1)S(=O)(=O)c1ccc(Cl)cc1. The highest BCUT2D eigenvalue weighted by Crippen LogP contribution is 2.27. The number of sulfonamides is 1. The highest BCUT2D eigenvalue weighted by molar-refractivity contribution is 7.92. The fourth-order valence-corrected chi connectivity index (χ4v) is 5.84. The molecule has 0 saturated carbocycles. The number of benzene rings is 3. The van der Waals surface area contributed by atoms with Gasteiger partial charge in [-0.1, -0.05) is 72.9 Å². The molecule has 1 atom stereocenters. The normalized spacial score (nSPS) is 12.0. The van der Waals surface area contributed by atoms with Crippen LogP contribution < -0.4 is 9.62 Å². The second-order valence-electron chi connectivity index (χ2n) is 8.79. The number of hydrogen-bond acceptors (Lipinski definition) is 4. The smallest absolute Gasteiger partial charge is 0.264 e. The maximum atomic E-state index is 14.0. The van der Waals surface area contributed by atoms with Gasteiger partial charge in [0.05, 0.1) is 20.6 Å². The summed E-state index contributed by atoms with van der Waals surface area (Å²) >= 11 is 18.3. The van der Waals surface area contributed by atoms with Crippen molar-refractivity contribution in [1.82, 2.24) is 10.2 Å². The van der Waals surface area contributed by atoms with Crippen molar-refractivity contribution < 1.29 is 18.0 Å². The van der Waals surface area contributed by atoms with E-state index >= 15 is 0 Å². The standard InChI is InChI=1S/C28H30Cl3N3O4S/c1-3-16-32-28(36)26(4-2)33(18-20-10-15-24(30)25(31)17-20)27(35)19-34(22-8-6-5-7-9-22)39(37,38)23-13-11-21(29)12-14-23/h5-15,17,26H,3-4,16,18-19H2,1-2H3,(H,32,36)/t26-/m0/s1. The Labute approximate surface area is 244 Å². The van der Waals surface area contributed by atoms with Crippen LogP contribution >= 0.6 is 34.8 Å². The fraction of sp³-hybridized carbons (Fsp3) is 0.286. The molecule has 0 unspecified atom stereocenters. The van der Waals surface area contributed by atoms with Crippen molar-refractivity contribution in [1.29, 1.82) is 0 Å². The quantitative estimate of drug-likeness (QED) is 0.266. The van der Waals surface area contributed by atoms with Crippen LogP contribution in [0.25, 0.3) is 0 Å². The first-order valence-electron chi connectivity index (χ1n) is 12.4. The lowest BCUT2D eigenvalue weighted by Crippen LogP contribution is -2.52. The van der Waals surface area contributed by atoms with Gasteiger partial charge in [-0.15, -0.1) is 0 Å². The van der Waals surface area contributed by atoms with Crippen LogP contribution in [0.2, 0.25) is 15.1 Å². The van der Waals surface area contributed by atoms with E-state index in [4.69, 9.17) is 34.8 Å². The Morgan fingerprint density at radius 1 is 0.897 bits per heavy atom. The zero-order chi connectivity index (χ0) is 28.6. The molecule has 0 fully saturated rings. The van der Waals surface area contributed by atoms with Gasteiger partial charge in [0.1, 0.15) is 12.6 Å². The zero-order valence-corrected chi connectivity index (χ0v) is 24.7. The first kappa shape index (κ1) is 30.8. The maximum Gasteiger partial charge on any atom is 0.264 e. The lowest BCUT2D eigenvalue weighted by Gasteiger charge is -2.33. The highest BCUT2D eigenvalue weighted by Gasteiger charge is 2.33. The van der Waals surface area contributed by atoms with E-state index in [0.717, 1.165) is 10.7 Å². The highest BCUT2D eigenvalue weighted by atomic mass is 35.5. The summed E-state index contributed by atoms with van der Waals surface area (Å²) in [7, 11) is -4.16. The Hall–Kier alpha value is -2.78. The molecule has 3 aromatic rings. The van der Waals surface area contributed by atoms with Gasteiger partial charge in [0, 0.05) is 18.1 Å². The maximum absolute atomic E-state index is 14.0. The Balaban J connectivity index is 2.04. The number of halogens is 3. The van der Waals surface area contributed by atoms with Crippen LogP contribution in [0, 0.1) is 0 Å². The third kappa shape index (κ3) is 7.88. The molecule has 7 nitrogen and oxygen atoms in total. The van der Waals surface area contributed by atoms with Gasteiger partial charge in [-0.25, -0.2) is 8.42 Å². The number of nitrogens with one attached hydrogen (secondary N) is 1. The van der Waals surface area contributed by atoms with E-state index in [1.807, 2.05) is 6.92 Å². The number of hydrogen-bond donors (Lipinski definition) is 1. The van der Waals surface area contributed by atoms with E-state index < -0.39 is 28.5 Å². The summed E-state index contributed by atoms with van der Waals surface area (Å²) in [5.41, 5.74) is 0.949. The molecule has 0 aromatic heterocycles. The summed E-state index contributed by atoms with van der Waals surface area (Å²) < 4.78 is 28.6. The third-order valence-electron chi connectivity index (χ3n) is 6.00. The Bertz CT molecular complexity index is 1390. The summed E-state index contributed by atoms with van der Waals surface area (Å²) in [6.07, 6.45) is 1.04. The lowest BCUT2D eigenvalue weighted by molar-refractivity contribution is -0.140. The molecular formula is C28H30Cl3N3O4S. The summed E-state index contributed by atoms with van der Waals surface area (Å²) in [6.45, 7) is 3.67. The monoisotopic (exact) mass is 609 g/mol. The summed E-state index contributed by atoms with van der Waals surface area (Å²) in [6, 6.07) is 18.2. The first-order chi connectivity index (χ1) is 18.6. The van der Waals surface area contributed by atoms with Crippen molar-refractivity contribution in [3.63, 3.8) is 0 Å². The van der Waals surface area contributed by atoms with Gasteiger partial charge in [0.2, 0.25) is 11.8 Å². The van der Waals surface area contributed by atoms with E-state index in [-0.39, 0.29) is 17.3 Å². The lowest BCUT2D eigenvalue weighted by atomic mass is 10.1. The summed E-state index contributed by atoms with van der Waals surface area (Å²) in [5, 5.41) is 3.89. The molecule has 0 bridgehead atoms. The zero-order valence-electron chi connectivity index (χ0n) is 21.6. The van der Waals surface area contributed by atoms with Crippen molar-refractivity contribution in [2.45, 2.75) is 44.2 Å². The largest absolute Gasteiger partial charge is 0.354 e. The molecule has 0 saturated heterocycles. The number of rotatable bonds is 12. The average Bonchev–Trinajstić information content (AvgIpc) is 2.92. The molecule has 1 N–H and O–H groups in total. The van der Waals surface area contributed by atoms with Gasteiger partial charge in [0.25, 0.3) is 10.0 Å². The first-order valence-corrected chi connectivity index (χ1v) is 15.0. The van der Waals surface area contributed by atoms with Crippen LogP contribution in [0.5, 0.6) is 0 Å². The predicted molar refractivity (Wildman–Crippen MR) is 157 cm³/mol. The minimum atomic E-state index is -4.16. The molecule has 0 radical (unpaired) electrons. The molecule has 2 amide bonds. The molecule has 11 heteroatoms. The summed E-state index contributed by atoms with van der Waals surface area (Å²) in [4.78, 5) is 28.4. The van der Waals surface area contributed by atoms with Gasteiger partial charge in [0.15, 0.2) is 0 Å². The molecule has 0 aliphatic heterocycles. The number of carbonyl (C=O) groups excluding carboxylic acids is 2. The Morgan fingerprint density at radius 2 is 1.56 bits per heavy atom. The average molecular weight is 611 g/mol. The number of carbonyl (C=O) groups is 2. The number of amides is 2. The molecule has 0 heterocycles. The fourth-order valence-electron chi connectivity index (χ4n) is 3.98. The van der Waals surface area contributed by atoms with Gasteiger partial charge in [-0.3, -0.25) is 13.9 Å². The molecule has 39 heavy (non-hydrogen) atoms. The van der Waals surface area contributed by atoms with E-state index in [1.54, 1.807) is 55.5 Å². The van der Waals surface area contributed by atoms with E-state index in [0.29, 0.717) is 39.3 Å². The number of nitrogens with zero attached hydrogens (tertiary/aromatic N) is 2. The Kier molecular flexibility index (Phi) is 11.1. The van der Waals surface area contributed by atoms with Gasteiger partial charge in [-0.05, 0) is 66.9 Å². The van der Waals surface area contributed by atoms with Crippen LogP contribution in [0.4, 0.5) is 5.69 Å².